The van der Waals surface area contributed by atoms with Gasteiger partial charge < -0.3 is 4.89 Å². The van der Waals surface area contributed by atoms with Gasteiger partial charge >= 0.3 is 0 Å². The molecule has 0 spiro atoms. The molecular formula is C36H71NdO2P. The molecule has 0 bridgehead atoms. The molecule has 40 heavy (non-hydrogen) atoms. The zero-order valence-electron chi connectivity index (χ0n) is 27.3. The van der Waals surface area contributed by atoms with Gasteiger partial charge in [-0.25, -0.2) is 0 Å². The first kappa shape index (κ1) is 43.2. The van der Waals surface area contributed by atoms with Crippen molar-refractivity contribution in [3.63, 3.8) is 0 Å². The van der Waals surface area contributed by atoms with Crippen molar-refractivity contribution in [3.8, 4) is 0 Å². The van der Waals surface area contributed by atoms with Crippen LogP contribution in [-0.2, 0) is 4.57 Å². The van der Waals surface area contributed by atoms with Crippen LogP contribution in [0.5, 0.6) is 0 Å². The molecule has 0 aromatic rings. The molecule has 0 aromatic heterocycles. The molecule has 236 valence electrons. The molecule has 0 aliphatic carbocycles. The van der Waals surface area contributed by atoms with Gasteiger partial charge in [0.2, 0.25) is 7.37 Å². The van der Waals surface area contributed by atoms with Gasteiger partial charge in [0.1, 0.15) is 0 Å². The van der Waals surface area contributed by atoms with E-state index in [2.05, 4.69) is 38.2 Å². The van der Waals surface area contributed by atoms with Gasteiger partial charge in [0.15, 0.2) is 0 Å². The van der Waals surface area contributed by atoms with Crippen LogP contribution in [0.25, 0.3) is 0 Å². The maximum atomic E-state index is 12.4. The Balaban J connectivity index is 0. The van der Waals surface area contributed by atoms with Crippen LogP contribution in [0.3, 0.4) is 0 Å². The Bertz CT molecular complexity index is 529. The second-order valence-electron chi connectivity index (χ2n) is 12.2. The fourth-order valence-corrected chi connectivity index (χ4v) is 6.98. The van der Waals surface area contributed by atoms with Gasteiger partial charge in [0.25, 0.3) is 0 Å². The summed E-state index contributed by atoms with van der Waals surface area (Å²) in [5, 5.41) is 0. The van der Waals surface area contributed by atoms with E-state index in [0.717, 1.165) is 25.7 Å². The van der Waals surface area contributed by atoms with Gasteiger partial charge in [-0.2, -0.15) is 0 Å². The molecule has 0 saturated carbocycles. The Labute approximate surface area is 285 Å². The Hall–Kier alpha value is 1.02. The molecule has 0 saturated heterocycles. The Morgan fingerprint density at radius 2 is 0.625 bits per heavy atom. The molecule has 0 heterocycles. The summed E-state index contributed by atoms with van der Waals surface area (Å²) in [6.45, 7) is 4.55. The van der Waals surface area contributed by atoms with Gasteiger partial charge in [-0.1, -0.05) is 154 Å². The van der Waals surface area contributed by atoms with Crippen molar-refractivity contribution in [2.75, 3.05) is 12.3 Å². The van der Waals surface area contributed by atoms with E-state index in [1.165, 1.54) is 154 Å². The third-order valence-corrected chi connectivity index (χ3v) is 10.1. The summed E-state index contributed by atoms with van der Waals surface area (Å²) in [6, 6.07) is 0. The van der Waals surface area contributed by atoms with Crippen LogP contribution in [0.2, 0.25) is 0 Å². The van der Waals surface area contributed by atoms with Crippen molar-refractivity contribution in [3.05, 3.63) is 24.3 Å². The smallest absolute Gasteiger partial charge is 0.200 e. The summed E-state index contributed by atoms with van der Waals surface area (Å²) in [7, 11) is -2.89. The molecule has 0 radical (unpaired) electrons. The van der Waals surface area contributed by atoms with E-state index in [-0.39, 0.29) is 40.8 Å². The van der Waals surface area contributed by atoms with Gasteiger partial charge in [0, 0.05) is 53.2 Å². The second-order valence-corrected chi connectivity index (χ2v) is 14.8. The second kappa shape index (κ2) is 36.2. The minimum Gasteiger partial charge on any atom is -0.344 e. The molecule has 0 aliphatic heterocycles. The molecule has 1 N–H and O–H groups in total. The Morgan fingerprint density at radius 1 is 0.400 bits per heavy atom. The van der Waals surface area contributed by atoms with Crippen LogP contribution >= 0.6 is 7.37 Å². The van der Waals surface area contributed by atoms with Crippen LogP contribution in [0.4, 0.5) is 0 Å². The number of hydrogen-bond donors (Lipinski definition) is 1. The van der Waals surface area contributed by atoms with Crippen LogP contribution in [0.15, 0.2) is 24.3 Å². The maximum Gasteiger partial charge on any atom is 0.200 e. The minimum atomic E-state index is -2.89. The molecule has 0 amide bonds. The molecule has 4 heteroatoms. The molecule has 0 aromatic carbocycles. The predicted octanol–water partition coefficient (Wildman–Crippen LogP) is 13.3. The molecule has 0 aliphatic rings. The third-order valence-electron chi connectivity index (χ3n) is 8.04. The molecule has 0 atom stereocenters. The van der Waals surface area contributed by atoms with Crippen molar-refractivity contribution in [1.29, 1.82) is 0 Å². The number of hydrogen-bond acceptors (Lipinski definition) is 1. The Morgan fingerprint density at radius 3 is 0.900 bits per heavy atom. The maximum absolute atomic E-state index is 12.4. The quantitative estimate of drug-likeness (QED) is 0.0429. The van der Waals surface area contributed by atoms with E-state index in [9.17, 15) is 9.46 Å². The van der Waals surface area contributed by atoms with Crippen molar-refractivity contribution in [1.82, 2.24) is 0 Å². The van der Waals surface area contributed by atoms with E-state index in [1.807, 2.05) is 0 Å². The Kier molecular flexibility index (Phi) is 39.1. The minimum absolute atomic E-state index is 0. The van der Waals surface area contributed by atoms with Crippen LogP contribution in [0, 0.1) is 40.8 Å². The van der Waals surface area contributed by atoms with Crippen molar-refractivity contribution < 1.29 is 50.3 Å². The SMILES string of the molecule is CCCCCCCC/C=C\CCCCCCCCP(=O)(O)CCCCCCCC/C=C\CCCCCCCC.[Nd]. The number of allylic oxidation sites excluding steroid dienone is 4. The van der Waals surface area contributed by atoms with Crippen molar-refractivity contribution in [2.24, 2.45) is 0 Å². The van der Waals surface area contributed by atoms with Gasteiger partial charge in [-0.3, -0.25) is 4.57 Å². The van der Waals surface area contributed by atoms with Crippen LogP contribution in [-0.4, -0.2) is 17.2 Å². The van der Waals surface area contributed by atoms with Crippen molar-refractivity contribution in [2.45, 2.75) is 194 Å². The summed E-state index contributed by atoms with van der Waals surface area (Å²) < 4.78 is 12.4. The summed E-state index contributed by atoms with van der Waals surface area (Å²) >= 11 is 0. The zero-order valence-corrected chi connectivity index (χ0v) is 31.4. The summed E-state index contributed by atoms with van der Waals surface area (Å²) in [5.41, 5.74) is 0. The molecule has 0 unspecified atom stereocenters. The molecule has 0 rings (SSSR count). The van der Waals surface area contributed by atoms with Crippen molar-refractivity contribution >= 4 is 7.37 Å². The zero-order chi connectivity index (χ0) is 28.5. The summed E-state index contributed by atoms with van der Waals surface area (Å²) in [6.07, 6.45) is 46.4. The van der Waals surface area contributed by atoms with Crippen LogP contribution in [0.1, 0.15) is 194 Å². The number of rotatable bonds is 32. The molecule has 2 nitrogen and oxygen atoms in total. The average molecular weight is 711 g/mol. The largest absolute Gasteiger partial charge is 0.344 e. The van der Waals surface area contributed by atoms with E-state index < -0.39 is 7.37 Å². The van der Waals surface area contributed by atoms with Gasteiger partial charge in [-0.05, 0) is 64.2 Å². The first-order valence-corrected chi connectivity index (χ1v) is 19.8. The number of unbranched alkanes of at least 4 members (excludes halogenated alkanes) is 24. The fourth-order valence-electron chi connectivity index (χ4n) is 5.32. The molecular weight excluding hydrogens is 640 g/mol. The third kappa shape index (κ3) is 37.0. The normalized spacial score (nSPS) is 12.1. The van der Waals surface area contributed by atoms with Gasteiger partial charge in [-0.15, -0.1) is 0 Å². The van der Waals surface area contributed by atoms with Crippen LogP contribution < -0.4 is 0 Å². The topological polar surface area (TPSA) is 37.3 Å². The first-order valence-electron chi connectivity index (χ1n) is 17.7. The monoisotopic (exact) mass is 708 g/mol. The van der Waals surface area contributed by atoms with Gasteiger partial charge in [0.05, 0.1) is 0 Å². The van der Waals surface area contributed by atoms with E-state index >= 15 is 0 Å². The summed E-state index contributed by atoms with van der Waals surface area (Å²) in [5.74, 6) is 0. The van der Waals surface area contributed by atoms with E-state index in [1.54, 1.807) is 0 Å². The average Bonchev–Trinajstić information content (AvgIpc) is 2.92. The fraction of sp³-hybridized carbons (Fsp3) is 0.889. The van der Waals surface area contributed by atoms with E-state index in [4.69, 9.17) is 0 Å². The van der Waals surface area contributed by atoms with E-state index in [0.29, 0.717) is 12.3 Å². The standard InChI is InChI=1S/C36H71O2P.Nd/c1-3-5-7-9-11-13-15-17-19-21-23-25-27-29-31-33-35-39(37,38)36-34-32-30-28-26-24-22-20-18-16-14-12-10-8-6-4-2;/h17-20H,3-16,21-36H2,1-2H3,(H,37,38);/b19-17-,20-18-;. The molecule has 0 fully saturated rings. The summed E-state index contributed by atoms with van der Waals surface area (Å²) in [4.78, 5) is 10.3. The first-order chi connectivity index (χ1) is 19.1. The predicted molar refractivity (Wildman–Crippen MR) is 178 cm³/mol.